The van der Waals surface area contributed by atoms with E-state index in [4.69, 9.17) is 0 Å². The van der Waals surface area contributed by atoms with Crippen LogP contribution in [0.1, 0.15) is 5.56 Å². The van der Waals surface area contributed by atoms with Crippen LogP contribution in [0.15, 0.2) is 30.3 Å². The number of nitrogens with zero attached hydrogens (tertiary/aromatic N) is 2. The molecule has 0 saturated heterocycles. The van der Waals surface area contributed by atoms with Crippen molar-refractivity contribution < 1.29 is 14.8 Å². The molecule has 2 rings (SSSR count). The highest BCUT2D eigenvalue weighted by Gasteiger charge is 2.38. The zero-order chi connectivity index (χ0) is 11.0. The average Bonchev–Trinajstić information content (AvgIpc) is 2.23. The van der Waals surface area contributed by atoms with Gasteiger partial charge in [0.1, 0.15) is 5.56 Å². The standard InChI is InChI=1S/C9H7N2O4/c12-9-5-8(11(14)15)6-3-1-2-4-7(6)10(9)13/h1-5,9,12H/q+1. The third-order valence-electron chi connectivity index (χ3n) is 2.16. The minimum atomic E-state index is -1.50. The van der Waals surface area contributed by atoms with E-state index in [1.54, 1.807) is 12.1 Å². The first-order valence-corrected chi connectivity index (χ1v) is 4.21. The molecule has 0 amide bonds. The van der Waals surface area contributed by atoms with Gasteiger partial charge in [0.15, 0.2) is 0 Å². The van der Waals surface area contributed by atoms with Crippen molar-refractivity contribution in [1.29, 1.82) is 0 Å². The van der Waals surface area contributed by atoms with Crippen molar-refractivity contribution in [2.24, 2.45) is 0 Å². The summed E-state index contributed by atoms with van der Waals surface area (Å²) in [5.41, 5.74) is 0.0900. The highest BCUT2D eigenvalue weighted by Crippen LogP contribution is 2.31. The van der Waals surface area contributed by atoms with E-state index in [9.17, 15) is 20.1 Å². The van der Waals surface area contributed by atoms with E-state index in [0.29, 0.717) is 4.76 Å². The molecule has 15 heavy (non-hydrogen) atoms. The Kier molecular flexibility index (Phi) is 2.05. The Balaban J connectivity index is 2.66. The Hall–Kier alpha value is -2.08. The predicted molar refractivity (Wildman–Crippen MR) is 50.7 cm³/mol. The summed E-state index contributed by atoms with van der Waals surface area (Å²) in [5, 5.41) is 20.0. The second kappa shape index (κ2) is 3.25. The SMILES string of the molecule is O=[N+]([O-])C1=CC(O)[N+](=O)c2ccccc21. The summed E-state index contributed by atoms with van der Waals surface area (Å²) in [6.07, 6.45) is -0.574. The van der Waals surface area contributed by atoms with Crippen LogP contribution in [0.25, 0.3) is 5.70 Å². The second-order valence-electron chi connectivity index (χ2n) is 3.07. The Bertz CT molecular complexity index is 481. The lowest BCUT2D eigenvalue weighted by atomic mass is 10.1. The molecule has 1 N–H and O–H groups in total. The molecular weight excluding hydrogens is 200 g/mol. The monoisotopic (exact) mass is 207 g/mol. The molecule has 0 fully saturated rings. The van der Waals surface area contributed by atoms with Gasteiger partial charge in [-0.15, -0.1) is 0 Å². The highest BCUT2D eigenvalue weighted by atomic mass is 16.6. The van der Waals surface area contributed by atoms with Crippen LogP contribution < -0.4 is 0 Å². The first-order valence-electron chi connectivity index (χ1n) is 4.21. The fraction of sp³-hybridized carbons (Fsp3) is 0.111. The van der Waals surface area contributed by atoms with Gasteiger partial charge in [0.25, 0.3) is 11.4 Å². The van der Waals surface area contributed by atoms with Crippen molar-refractivity contribution in [3.05, 3.63) is 50.9 Å². The van der Waals surface area contributed by atoms with Crippen LogP contribution in [-0.2, 0) is 0 Å². The Morgan fingerprint density at radius 1 is 1.40 bits per heavy atom. The molecule has 0 aromatic heterocycles. The van der Waals surface area contributed by atoms with Gasteiger partial charge in [-0.05, 0) is 6.07 Å². The lowest BCUT2D eigenvalue weighted by molar-refractivity contribution is -0.544. The van der Waals surface area contributed by atoms with Crippen molar-refractivity contribution in [3.63, 3.8) is 0 Å². The molecule has 0 spiro atoms. The van der Waals surface area contributed by atoms with Crippen LogP contribution in [0.2, 0.25) is 0 Å². The molecule has 76 valence electrons. The van der Waals surface area contributed by atoms with Gasteiger partial charge >= 0.3 is 6.23 Å². The molecule has 1 aliphatic heterocycles. The molecule has 1 aliphatic rings. The molecule has 0 saturated carbocycles. The summed E-state index contributed by atoms with van der Waals surface area (Å²) in [6, 6.07) is 6.09. The van der Waals surface area contributed by atoms with Crippen LogP contribution in [0.4, 0.5) is 5.69 Å². The summed E-state index contributed by atoms with van der Waals surface area (Å²) >= 11 is 0. The Morgan fingerprint density at radius 3 is 2.73 bits per heavy atom. The minimum absolute atomic E-state index is 0.110. The number of aliphatic hydroxyl groups is 1. The van der Waals surface area contributed by atoms with E-state index in [-0.39, 0.29) is 16.9 Å². The van der Waals surface area contributed by atoms with Gasteiger partial charge in [0, 0.05) is 11.0 Å². The summed E-state index contributed by atoms with van der Waals surface area (Å²) in [4.78, 5) is 21.4. The van der Waals surface area contributed by atoms with Crippen LogP contribution in [0, 0.1) is 15.0 Å². The summed E-state index contributed by atoms with van der Waals surface area (Å²) in [6.45, 7) is 0. The zero-order valence-corrected chi connectivity index (χ0v) is 7.53. The molecule has 0 bridgehead atoms. The summed E-state index contributed by atoms with van der Waals surface area (Å²) < 4.78 is 0.336. The number of rotatable bonds is 1. The van der Waals surface area contributed by atoms with E-state index in [1.807, 2.05) is 0 Å². The maximum Gasteiger partial charge on any atom is 0.336 e. The molecule has 0 radical (unpaired) electrons. The molecule has 0 aliphatic carbocycles. The number of hydrogen-bond donors (Lipinski definition) is 1. The first kappa shape index (κ1) is 9.47. The quantitative estimate of drug-likeness (QED) is 0.423. The lowest BCUT2D eigenvalue weighted by Crippen LogP contribution is -2.23. The van der Waals surface area contributed by atoms with Crippen molar-refractivity contribution in [1.82, 2.24) is 0 Å². The molecule has 1 aromatic rings. The molecule has 1 atom stereocenters. The fourth-order valence-electron chi connectivity index (χ4n) is 1.48. The number of hydrogen-bond acceptors (Lipinski definition) is 4. The van der Waals surface area contributed by atoms with Crippen LogP contribution in [0.3, 0.4) is 0 Å². The van der Waals surface area contributed by atoms with Gasteiger partial charge in [-0.1, -0.05) is 12.1 Å². The largest absolute Gasteiger partial charge is 0.336 e. The summed E-state index contributed by atoms with van der Waals surface area (Å²) in [7, 11) is 0. The minimum Gasteiger partial charge on any atom is -0.330 e. The third kappa shape index (κ3) is 1.40. The number of benzene rings is 1. The van der Waals surface area contributed by atoms with Crippen LogP contribution in [0.5, 0.6) is 0 Å². The highest BCUT2D eigenvalue weighted by molar-refractivity contribution is 5.69. The van der Waals surface area contributed by atoms with E-state index in [2.05, 4.69) is 0 Å². The van der Waals surface area contributed by atoms with Crippen LogP contribution >= 0.6 is 0 Å². The Morgan fingerprint density at radius 2 is 2.07 bits per heavy atom. The van der Waals surface area contributed by atoms with Gasteiger partial charge in [0.2, 0.25) is 0 Å². The van der Waals surface area contributed by atoms with Gasteiger partial charge < -0.3 is 5.11 Å². The smallest absolute Gasteiger partial charge is 0.330 e. The summed E-state index contributed by atoms with van der Waals surface area (Å²) in [5.74, 6) is 0. The number of nitroso groups, excluding NO2 is 1. The van der Waals surface area contributed by atoms with Gasteiger partial charge in [-0.3, -0.25) is 10.1 Å². The van der Waals surface area contributed by atoms with E-state index >= 15 is 0 Å². The van der Waals surface area contributed by atoms with Crippen molar-refractivity contribution in [2.45, 2.75) is 6.23 Å². The maximum atomic E-state index is 11.4. The fourth-order valence-corrected chi connectivity index (χ4v) is 1.48. The van der Waals surface area contributed by atoms with Gasteiger partial charge in [0.05, 0.1) is 15.8 Å². The Labute approximate surface area is 84.2 Å². The topological polar surface area (TPSA) is 83.5 Å². The van der Waals surface area contributed by atoms with E-state index < -0.39 is 11.2 Å². The molecular formula is C9H7N2O4+. The van der Waals surface area contributed by atoms with Crippen molar-refractivity contribution >= 4 is 11.4 Å². The van der Waals surface area contributed by atoms with Crippen molar-refractivity contribution in [3.8, 4) is 0 Å². The molecule has 6 nitrogen and oxygen atoms in total. The number of nitro groups is 1. The molecule has 1 unspecified atom stereocenters. The molecule has 1 heterocycles. The predicted octanol–water partition coefficient (Wildman–Crippen LogP) is 1.05. The van der Waals surface area contributed by atoms with Crippen LogP contribution in [-0.4, -0.2) is 21.0 Å². The number of aliphatic hydroxyl groups excluding tert-OH is 1. The number of para-hydroxylation sites is 1. The third-order valence-corrected chi connectivity index (χ3v) is 2.16. The van der Waals surface area contributed by atoms with Crippen molar-refractivity contribution in [2.75, 3.05) is 0 Å². The lowest BCUT2D eigenvalue weighted by Gasteiger charge is -2.07. The average molecular weight is 207 g/mol. The first-order chi connectivity index (χ1) is 7.11. The van der Waals surface area contributed by atoms with Gasteiger partial charge in [-0.2, -0.15) is 0 Å². The van der Waals surface area contributed by atoms with E-state index in [1.165, 1.54) is 12.1 Å². The van der Waals surface area contributed by atoms with E-state index in [0.717, 1.165) is 6.08 Å². The molecule has 1 aromatic carbocycles. The molecule has 6 heteroatoms. The normalized spacial score (nSPS) is 19.4. The maximum absolute atomic E-state index is 11.4. The number of fused-ring (bicyclic) bond motifs is 1. The second-order valence-corrected chi connectivity index (χ2v) is 3.07. The zero-order valence-electron chi connectivity index (χ0n) is 7.53. The van der Waals surface area contributed by atoms with Gasteiger partial charge in [-0.25, -0.2) is 0 Å².